The van der Waals surface area contributed by atoms with Crippen molar-refractivity contribution in [2.24, 2.45) is 0 Å². The number of rotatable bonds is 3. The van der Waals surface area contributed by atoms with Crippen molar-refractivity contribution in [2.45, 2.75) is 6.92 Å². The van der Waals surface area contributed by atoms with Crippen LogP contribution < -0.4 is 0 Å². The van der Waals surface area contributed by atoms with Crippen LogP contribution in [-0.2, 0) is 0 Å². The fourth-order valence-electron chi connectivity index (χ4n) is 4.93. The molecule has 0 aliphatic carbocycles. The molecule has 2 nitrogen and oxygen atoms in total. The Morgan fingerprint density at radius 2 is 1.26 bits per heavy atom. The van der Waals surface area contributed by atoms with Gasteiger partial charge in [0.15, 0.2) is 0 Å². The highest BCUT2D eigenvalue weighted by atomic mass is 15.0. The average molecular weight is 435 g/mol. The summed E-state index contributed by atoms with van der Waals surface area (Å²) in [5.41, 5.74) is 9.84. The first-order chi connectivity index (χ1) is 16.7. The largest absolute Gasteiger partial charge is 0.309 e. The van der Waals surface area contributed by atoms with E-state index in [9.17, 15) is 5.26 Å². The van der Waals surface area contributed by atoms with Gasteiger partial charge in [0.1, 0.15) is 0 Å². The molecular formula is C32H22N2. The second kappa shape index (κ2) is 8.06. The Balaban J connectivity index is 1.75. The number of aromatic nitrogens is 1. The molecule has 0 spiro atoms. The molecule has 0 atom stereocenters. The molecule has 2 heteroatoms. The lowest BCUT2D eigenvalue weighted by Crippen LogP contribution is -1.99. The quantitative estimate of drug-likeness (QED) is 0.275. The third-order valence-electron chi connectivity index (χ3n) is 6.51. The summed E-state index contributed by atoms with van der Waals surface area (Å²) in [6.45, 7) is 2.11. The summed E-state index contributed by atoms with van der Waals surface area (Å²) in [4.78, 5) is 0. The lowest BCUT2D eigenvalue weighted by Gasteiger charge is -2.18. The van der Waals surface area contributed by atoms with Crippen LogP contribution in [0, 0.1) is 18.3 Å². The molecule has 0 unspecified atom stereocenters. The van der Waals surface area contributed by atoms with E-state index in [1.807, 2.05) is 18.2 Å². The Hall–Kier alpha value is -4.61. The number of fused-ring (bicyclic) bond motifs is 3. The monoisotopic (exact) mass is 434 g/mol. The van der Waals surface area contributed by atoms with Crippen molar-refractivity contribution in [1.29, 1.82) is 5.26 Å². The average Bonchev–Trinajstić information content (AvgIpc) is 3.23. The topological polar surface area (TPSA) is 28.7 Å². The van der Waals surface area contributed by atoms with Crippen molar-refractivity contribution in [3.8, 4) is 34.0 Å². The minimum atomic E-state index is 0.662. The zero-order chi connectivity index (χ0) is 23.1. The molecular weight excluding hydrogens is 412 g/mol. The normalized spacial score (nSPS) is 11.1. The summed E-state index contributed by atoms with van der Waals surface area (Å²) in [5, 5.41) is 12.0. The standard InChI is InChI=1S/C32H22N2/c1-22-16-18-24(19-17-22)32-26(25-9-6-8-23(20-25)21-33)12-7-15-31(32)34-29-13-4-2-10-27(29)28-11-3-5-14-30(28)34/h2-20H,1H3. The van der Waals surface area contributed by atoms with Gasteiger partial charge in [-0.1, -0.05) is 90.5 Å². The van der Waals surface area contributed by atoms with Crippen LogP contribution >= 0.6 is 0 Å². The highest BCUT2D eigenvalue weighted by Crippen LogP contribution is 2.41. The SMILES string of the molecule is Cc1ccc(-c2c(-c3cccc(C#N)c3)cccc2-n2c3ccccc3c3ccccc32)cc1. The van der Waals surface area contributed by atoms with Gasteiger partial charge in [-0.05, 0) is 53.9 Å². The van der Waals surface area contributed by atoms with Crippen molar-refractivity contribution >= 4 is 21.8 Å². The molecule has 0 bridgehead atoms. The highest BCUT2D eigenvalue weighted by Gasteiger charge is 2.18. The first-order valence-electron chi connectivity index (χ1n) is 11.4. The van der Waals surface area contributed by atoms with Crippen molar-refractivity contribution in [2.75, 3.05) is 0 Å². The maximum absolute atomic E-state index is 9.51. The van der Waals surface area contributed by atoms with Crippen LogP contribution in [-0.4, -0.2) is 4.57 Å². The van der Waals surface area contributed by atoms with Gasteiger partial charge in [-0.25, -0.2) is 0 Å². The van der Waals surface area contributed by atoms with E-state index in [1.165, 1.54) is 27.4 Å². The third-order valence-corrected chi connectivity index (χ3v) is 6.51. The minimum absolute atomic E-state index is 0.662. The van der Waals surface area contributed by atoms with Crippen LogP contribution in [0.15, 0.2) is 115 Å². The van der Waals surface area contributed by atoms with Gasteiger partial charge in [0.2, 0.25) is 0 Å². The summed E-state index contributed by atoms with van der Waals surface area (Å²) in [7, 11) is 0. The van der Waals surface area contributed by atoms with E-state index in [4.69, 9.17) is 0 Å². The van der Waals surface area contributed by atoms with Gasteiger partial charge in [-0.3, -0.25) is 0 Å². The van der Waals surface area contributed by atoms with Gasteiger partial charge in [-0.2, -0.15) is 5.26 Å². The van der Waals surface area contributed by atoms with Gasteiger partial charge in [0, 0.05) is 16.3 Å². The summed E-state index contributed by atoms with van der Waals surface area (Å²) in [6.07, 6.45) is 0. The van der Waals surface area contributed by atoms with Crippen molar-refractivity contribution < 1.29 is 0 Å². The number of benzene rings is 5. The molecule has 0 aliphatic heterocycles. The summed E-state index contributed by atoms with van der Waals surface area (Å²) >= 11 is 0. The number of nitriles is 1. The first-order valence-corrected chi connectivity index (χ1v) is 11.4. The predicted molar refractivity (Wildman–Crippen MR) is 141 cm³/mol. The van der Waals surface area contributed by atoms with Crippen LogP contribution in [0.5, 0.6) is 0 Å². The number of para-hydroxylation sites is 2. The lowest BCUT2D eigenvalue weighted by atomic mass is 9.91. The maximum Gasteiger partial charge on any atom is 0.0991 e. The number of hydrogen-bond donors (Lipinski definition) is 0. The van der Waals surface area contributed by atoms with Gasteiger partial charge < -0.3 is 4.57 Å². The van der Waals surface area contributed by atoms with E-state index in [1.54, 1.807) is 0 Å². The summed E-state index contributed by atoms with van der Waals surface area (Å²) < 4.78 is 2.37. The molecule has 6 aromatic rings. The molecule has 1 heterocycles. The minimum Gasteiger partial charge on any atom is -0.309 e. The zero-order valence-electron chi connectivity index (χ0n) is 18.9. The smallest absolute Gasteiger partial charge is 0.0991 e. The fourth-order valence-corrected chi connectivity index (χ4v) is 4.93. The second-order valence-electron chi connectivity index (χ2n) is 8.63. The second-order valence-corrected chi connectivity index (χ2v) is 8.63. The Morgan fingerprint density at radius 3 is 1.94 bits per heavy atom. The van der Waals surface area contributed by atoms with Crippen LogP contribution in [0.2, 0.25) is 0 Å². The van der Waals surface area contributed by atoms with Crippen LogP contribution in [0.3, 0.4) is 0 Å². The summed E-state index contributed by atoms with van der Waals surface area (Å²) in [5.74, 6) is 0. The number of nitrogens with zero attached hydrogens (tertiary/aromatic N) is 2. The molecule has 0 radical (unpaired) electrons. The van der Waals surface area contributed by atoms with Gasteiger partial charge >= 0.3 is 0 Å². The van der Waals surface area contributed by atoms with E-state index < -0.39 is 0 Å². The molecule has 0 aliphatic rings. The van der Waals surface area contributed by atoms with Gasteiger partial charge in [0.25, 0.3) is 0 Å². The lowest BCUT2D eigenvalue weighted by molar-refractivity contribution is 1.18. The fraction of sp³-hybridized carbons (Fsp3) is 0.0312. The van der Waals surface area contributed by atoms with E-state index in [2.05, 4.69) is 115 Å². The Kier molecular flexibility index (Phi) is 4.75. The Morgan fingerprint density at radius 1 is 0.618 bits per heavy atom. The molecule has 0 amide bonds. The number of aryl methyl sites for hydroxylation is 1. The molecule has 6 rings (SSSR count). The van der Waals surface area contributed by atoms with E-state index in [0.717, 1.165) is 27.9 Å². The van der Waals surface area contributed by atoms with Gasteiger partial charge in [0.05, 0.1) is 28.4 Å². The van der Waals surface area contributed by atoms with E-state index >= 15 is 0 Å². The maximum atomic E-state index is 9.51. The van der Waals surface area contributed by atoms with Crippen LogP contribution in [0.1, 0.15) is 11.1 Å². The van der Waals surface area contributed by atoms with E-state index in [-0.39, 0.29) is 0 Å². The van der Waals surface area contributed by atoms with Crippen LogP contribution in [0.25, 0.3) is 49.7 Å². The molecule has 5 aromatic carbocycles. The van der Waals surface area contributed by atoms with E-state index in [0.29, 0.717) is 5.56 Å². The van der Waals surface area contributed by atoms with Crippen molar-refractivity contribution in [3.05, 3.63) is 126 Å². The number of hydrogen-bond acceptors (Lipinski definition) is 1. The molecule has 0 saturated heterocycles. The Bertz CT molecular complexity index is 1660. The molecule has 160 valence electrons. The highest BCUT2D eigenvalue weighted by molar-refractivity contribution is 6.10. The molecule has 0 N–H and O–H groups in total. The molecule has 1 aromatic heterocycles. The Labute approximate surface area is 199 Å². The predicted octanol–water partition coefficient (Wildman–Crippen LogP) is 8.30. The molecule has 0 saturated carbocycles. The third kappa shape index (κ3) is 3.18. The van der Waals surface area contributed by atoms with Crippen molar-refractivity contribution in [1.82, 2.24) is 4.57 Å². The zero-order valence-corrected chi connectivity index (χ0v) is 18.9. The molecule has 34 heavy (non-hydrogen) atoms. The summed E-state index contributed by atoms with van der Waals surface area (Å²) in [6, 6.07) is 42.5. The first kappa shape index (κ1) is 20.0. The van der Waals surface area contributed by atoms with Crippen molar-refractivity contribution in [3.63, 3.8) is 0 Å². The van der Waals surface area contributed by atoms with Crippen LogP contribution in [0.4, 0.5) is 0 Å². The van der Waals surface area contributed by atoms with Gasteiger partial charge in [-0.15, -0.1) is 0 Å². The molecule has 0 fully saturated rings.